The van der Waals surface area contributed by atoms with Crippen molar-refractivity contribution in [3.8, 4) is 0 Å². The van der Waals surface area contributed by atoms with Gasteiger partial charge in [-0.25, -0.2) is 4.39 Å². The number of benzene rings is 1. The van der Waals surface area contributed by atoms with Crippen LogP contribution in [0.1, 0.15) is 35.7 Å². The molecule has 1 aromatic rings. The molecule has 88 valence electrons. The van der Waals surface area contributed by atoms with Crippen molar-refractivity contribution >= 4 is 0 Å². The largest absolute Gasteiger partial charge is 0.316 e. The third-order valence-corrected chi connectivity index (χ3v) is 3.60. The van der Waals surface area contributed by atoms with Gasteiger partial charge in [0.15, 0.2) is 0 Å². The summed E-state index contributed by atoms with van der Waals surface area (Å²) in [7, 11) is 0. The molecule has 1 aliphatic heterocycles. The lowest BCUT2D eigenvalue weighted by atomic mass is 9.89. The Hall–Kier alpha value is -0.890. The average Bonchev–Trinajstić information content (AvgIpc) is 2.33. The van der Waals surface area contributed by atoms with Gasteiger partial charge in [-0.15, -0.1) is 0 Å². The highest BCUT2D eigenvalue weighted by Crippen LogP contribution is 2.31. The van der Waals surface area contributed by atoms with Crippen LogP contribution in [0.15, 0.2) is 18.2 Å². The third kappa shape index (κ3) is 2.43. The van der Waals surface area contributed by atoms with Crippen LogP contribution in [0.5, 0.6) is 0 Å². The van der Waals surface area contributed by atoms with Crippen LogP contribution in [-0.4, -0.2) is 13.1 Å². The van der Waals surface area contributed by atoms with Gasteiger partial charge in [0.1, 0.15) is 6.17 Å². The molecule has 1 heterocycles. The van der Waals surface area contributed by atoms with Crippen molar-refractivity contribution in [1.82, 2.24) is 5.32 Å². The molecule has 1 aromatic carbocycles. The van der Waals surface area contributed by atoms with E-state index in [4.69, 9.17) is 0 Å². The van der Waals surface area contributed by atoms with Gasteiger partial charge in [-0.05, 0) is 49.9 Å². The molecule has 0 saturated carbocycles. The first-order valence-electron chi connectivity index (χ1n) is 6.10. The van der Waals surface area contributed by atoms with Gasteiger partial charge in [0.25, 0.3) is 0 Å². The number of rotatable bonds is 2. The van der Waals surface area contributed by atoms with Crippen molar-refractivity contribution < 1.29 is 4.39 Å². The molecule has 0 aromatic heterocycles. The van der Waals surface area contributed by atoms with E-state index in [9.17, 15) is 4.39 Å². The van der Waals surface area contributed by atoms with Crippen LogP contribution in [0.4, 0.5) is 4.39 Å². The van der Waals surface area contributed by atoms with Crippen molar-refractivity contribution in [1.29, 1.82) is 0 Å². The highest BCUT2D eigenvalue weighted by atomic mass is 19.1. The Balaban J connectivity index is 2.12. The van der Waals surface area contributed by atoms with Crippen LogP contribution < -0.4 is 5.32 Å². The minimum Gasteiger partial charge on any atom is -0.316 e. The fourth-order valence-electron chi connectivity index (χ4n) is 2.34. The summed E-state index contributed by atoms with van der Waals surface area (Å²) in [6.07, 6.45) is 1.28. The van der Waals surface area contributed by atoms with E-state index in [2.05, 4.69) is 12.2 Å². The monoisotopic (exact) mass is 221 g/mol. The molecule has 0 amide bonds. The summed E-state index contributed by atoms with van der Waals surface area (Å²) in [6.45, 7) is 5.96. The second kappa shape index (κ2) is 4.96. The van der Waals surface area contributed by atoms with Gasteiger partial charge in [-0.3, -0.25) is 0 Å². The standard InChI is InChI=1S/C14H20FN/c1-10-5-6-12(8-11(10)2)14(15)13-4-3-7-16-9-13/h5-6,8,13-14,16H,3-4,7,9H2,1-2H3. The van der Waals surface area contributed by atoms with Crippen LogP contribution >= 0.6 is 0 Å². The molecule has 0 aliphatic carbocycles. The fourth-order valence-corrected chi connectivity index (χ4v) is 2.34. The van der Waals surface area contributed by atoms with E-state index in [1.54, 1.807) is 0 Å². The highest BCUT2D eigenvalue weighted by Gasteiger charge is 2.24. The van der Waals surface area contributed by atoms with E-state index in [0.717, 1.165) is 31.5 Å². The molecule has 1 aliphatic rings. The molecule has 1 saturated heterocycles. The van der Waals surface area contributed by atoms with Crippen molar-refractivity contribution in [3.63, 3.8) is 0 Å². The summed E-state index contributed by atoms with van der Waals surface area (Å²) < 4.78 is 14.3. The molecule has 0 spiro atoms. The van der Waals surface area contributed by atoms with Crippen LogP contribution in [0.3, 0.4) is 0 Å². The molecule has 2 atom stereocenters. The Morgan fingerprint density at radius 3 is 2.75 bits per heavy atom. The van der Waals surface area contributed by atoms with Gasteiger partial charge in [-0.2, -0.15) is 0 Å². The number of aryl methyl sites for hydroxylation is 2. The van der Waals surface area contributed by atoms with Gasteiger partial charge in [-0.1, -0.05) is 18.2 Å². The molecule has 2 heteroatoms. The predicted molar refractivity (Wildman–Crippen MR) is 65.4 cm³/mol. The van der Waals surface area contributed by atoms with Crippen molar-refractivity contribution in [3.05, 3.63) is 34.9 Å². The summed E-state index contributed by atoms with van der Waals surface area (Å²) in [6, 6.07) is 5.95. The zero-order chi connectivity index (χ0) is 11.5. The van der Waals surface area contributed by atoms with Crippen molar-refractivity contribution in [2.75, 3.05) is 13.1 Å². The SMILES string of the molecule is Cc1ccc(C(F)C2CCCNC2)cc1C. The predicted octanol–water partition coefficient (Wildman–Crippen LogP) is 3.31. The zero-order valence-electron chi connectivity index (χ0n) is 10.1. The minimum atomic E-state index is -0.813. The van der Waals surface area contributed by atoms with Gasteiger partial charge in [0, 0.05) is 12.5 Å². The van der Waals surface area contributed by atoms with Crippen LogP contribution in [-0.2, 0) is 0 Å². The Morgan fingerprint density at radius 2 is 2.12 bits per heavy atom. The molecule has 2 unspecified atom stereocenters. The molecule has 1 fully saturated rings. The smallest absolute Gasteiger partial charge is 0.129 e. The molecule has 1 nitrogen and oxygen atoms in total. The van der Waals surface area contributed by atoms with Crippen LogP contribution in [0, 0.1) is 19.8 Å². The maximum Gasteiger partial charge on any atom is 0.129 e. The normalized spacial score (nSPS) is 23.1. The number of alkyl halides is 1. The van der Waals surface area contributed by atoms with Gasteiger partial charge >= 0.3 is 0 Å². The Bertz CT molecular complexity index is 356. The summed E-state index contributed by atoms with van der Waals surface area (Å²) in [5, 5.41) is 3.27. The van der Waals surface area contributed by atoms with Crippen LogP contribution in [0.2, 0.25) is 0 Å². The second-order valence-electron chi connectivity index (χ2n) is 4.85. The molecule has 1 N–H and O–H groups in total. The van der Waals surface area contributed by atoms with Crippen molar-refractivity contribution in [2.45, 2.75) is 32.9 Å². The lowest BCUT2D eigenvalue weighted by Gasteiger charge is -2.26. The first-order valence-corrected chi connectivity index (χ1v) is 6.10. The molecular weight excluding hydrogens is 201 g/mol. The van der Waals surface area contributed by atoms with Crippen molar-refractivity contribution in [2.24, 2.45) is 5.92 Å². The minimum absolute atomic E-state index is 0.149. The second-order valence-corrected chi connectivity index (χ2v) is 4.85. The van der Waals surface area contributed by atoms with E-state index < -0.39 is 6.17 Å². The number of piperidine rings is 1. The Kier molecular flexibility index (Phi) is 3.59. The number of hydrogen-bond donors (Lipinski definition) is 1. The van der Waals surface area contributed by atoms with E-state index in [0.29, 0.717) is 0 Å². The van der Waals surface area contributed by atoms with Crippen LogP contribution in [0.25, 0.3) is 0 Å². The van der Waals surface area contributed by atoms with Gasteiger partial charge in [0.05, 0.1) is 0 Å². The van der Waals surface area contributed by atoms with E-state index in [-0.39, 0.29) is 5.92 Å². The van der Waals surface area contributed by atoms with Gasteiger partial charge < -0.3 is 5.32 Å². The lowest BCUT2D eigenvalue weighted by Crippen LogP contribution is -2.32. The topological polar surface area (TPSA) is 12.0 Å². The van der Waals surface area contributed by atoms with E-state index >= 15 is 0 Å². The maximum atomic E-state index is 14.3. The third-order valence-electron chi connectivity index (χ3n) is 3.60. The summed E-state index contributed by atoms with van der Waals surface area (Å²) in [5.74, 6) is 0.149. The molecule has 0 bridgehead atoms. The molecule has 2 rings (SSSR count). The maximum absolute atomic E-state index is 14.3. The fraction of sp³-hybridized carbons (Fsp3) is 0.571. The quantitative estimate of drug-likeness (QED) is 0.808. The summed E-state index contributed by atoms with van der Waals surface area (Å²) in [4.78, 5) is 0. The number of halogens is 1. The summed E-state index contributed by atoms with van der Waals surface area (Å²) >= 11 is 0. The molecular formula is C14H20FN. The number of hydrogen-bond acceptors (Lipinski definition) is 1. The number of nitrogens with one attached hydrogen (secondary N) is 1. The van der Waals surface area contributed by atoms with E-state index in [1.807, 2.05) is 25.1 Å². The first kappa shape index (κ1) is 11.6. The molecule has 0 radical (unpaired) electrons. The first-order chi connectivity index (χ1) is 7.68. The average molecular weight is 221 g/mol. The lowest BCUT2D eigenvalue weighted by molar-refractivity contribution is 0.194. The summed E-state index contributed by atoms with van der Waals surface area (Å²) in [5.41, 5.74) is 3.26. The zero-order valence-corrected chi connectivity index (χ0v) is 10.1. The Labute approximate surface area is 97.1 Å². The van der Waals surface area contributed by atoms with Gasteiger partial charge in [0.2, 0.25) is 0 Å². The Morgan fingerprint density at radius 1 is 1.31 bits per heavy atom. The van der Waals surface area contributed by atoms with E-state index in [1.165, 1.54) is 11.1 Å². The molecule has 16 heavy (non-hydrogen) atoms. The highest BCUT2D eigenvalue weighted by molar-refractivity contribution is 5.31.